The topological polar surface area (TPSA) is 38.7 Å². The van der Waals surface area contributed by atoms with Gasteiger partial charge in [-0.15, -0.1) is 11.8 Å². The van der Waals surface area contributed by atoms with Crippen molar-refractivity contribution in [3.8, 4) is 0 Å². The van der Waals surface area contributed by atoms with Gasteiger partial charge in [0.05, 0.1) is 18.7 Å². The lowest BCUT2D eigenvalue weighted by Gasteiger charge is -2.20. The third kappa shape index (κ3) is 6.91. The summed E-state index contributed by atoms with van der Waals surface area (Å²) >= 11 is 1.65. The van der Waals surface area contributed by atoms with Crippen molar-refractivity contribution >= 4 is 30.8 Å². The molecule has 1 aromatic rings. The van der Waals surface area contributed by atoms with Crippen LogP contribution in [0.5, 0.6) is 0 Å². The number of rotatable bonds is 4. The standard InChI is InChI=1S/C18H29NO2SSi/c1-13-11-14(16(22-5)19-12-23(6,7)8)9-10-15(13)17(20)21-18(2,3)4/h9-11H,12H2,1-8H3. The highest BCUT2D eigenvalue weighted by molar-refractivity contribution is 8.13. The Balaban J connectivity index is 3.05. The average molecular weight is 352 g/mol. The molecule has 1 aromatic carbocycles. The first-order valence-corrected chi connectivity index (χ1v) is 12.8. The second kappa shape index (κ2) is 7.66. The summed E-state index contributed by atoms with van der Waals surface area (Å²) < 4.78 is 5.45. The molecule has 0 amide bonds. The summed E-state index contributed by atoms with van der Waals surface area (Å²) in [5, 5.41) is 1.03. The molecule has 0 aliphatic carbocycles. The molecule has 23 heavy (non-hydrogen) atoms. The van der Waals surface area contributed by atoms with Crippen LogP contribution in [-0.2, 0) is 4.74 Å². The van der Waals surface area contributed by atoms with Crippen molar-refractivity contribution in [2.24, 2.45) is 4.99 Å². The van der Waals surface area contributed by atoms with E-state index in [2.05, 4.69) is 19.6 Å². The molecular weight excluding hydrogens is 322 g/mol. The summed E-state index contributed by atoms with van der Waals surface area (Å²) in [5.74, 6) is -0.272. The van der Waals surface area contributed by atoms with Crippen LogP contribution >= 0.6 is 11.8 Å². The lowest BCUT2D eigenvalue weighted by Crippen LogP contribution is -2.25. The Morgan fingerprint density at radius 1 is 1.26 bits per heavy atom. The van der Waals surface area contributed by atoms with Crippen molar-refractivity contribution in [3.05, 3.63) is 34.9 Å². The Morgan fingerprint density at radius 2 is 1.87 bits per heavy atom. The molecule has 0 fully saturated rings. The zero-order valence-corrected chi connectivity index (χ0v) is 17.4. The van der Waals surface area contributed by atoms with E-state index in [-0.39, 0.29) is 5.97 Å². The summed E-state index contributed by atoms with van der Waals surface area (Å²) in [6, 6.07) is 5.84. The van der Waals surface area contributed by atoms with Gasteiger partial charge in [0.15, 0.2) is 0 Å². The summed E-state index contributed by atoms with van der Waals surface area (Å²) in [6.07, 6.45) is 2.95. The Bertz CT molecular complexity index is 598. The highest BCUT2D eigenvalue weighted by atomic mass is 32.2. The lowest BCUT2D eigenvalue weighted by molar-refractivity contribution is 0.00688. The minimum absolute atomic E-state index is 0.272. The van der Waals surface area contributed by atoms with Crippen molar-refractivity contribution in [2.45, 2.75) is 52.9 Å². The predicted octanol–water partition coefficient (Wildman–Crippen LogP) is 4.94. The highest BCUT2D eigenvalue weighted by Gasteiger charge is 2.20. The molecule has 0 unspecified atom stereocenters. The SMILES string of the molecule is CSC(=NC[Si](C)(C)C)c1ccc(C(=O)OC(C)(C)C)c(C)c1. The van der Waals surface area contributed by atoms with Crippen molar-refractivity contribution in [1.29, 1.82) is 0 Å². The smallest absolute Gasteiger partial charge is 0.338 e. The highest BCUT2D eigenvalue weighted by Crippen LogP contribution is 2.20. The fraction of sp³-hybridized carbons (Fsp3) is 0.556. The number of hydrogen-bond acceptors (Lipinski definition) is 4. The molecule has 0 aromatic heterocycles. The Morgan fingerprint density at radius 3 is 2.30 bits per heavy atom. The molecule has 0 bridgehead atoms. The summed E-state index contributed by atoms with van der Waals surface area (Å²) in [4.78, 5) is 17.0. The normalized spacial score (nSPS) is 13.1. The van der Waals surface area contributed by atoms with Crippen LogP contribution in [0.2, 0.25) is 19.6 Å². The van der Waals surface area contributed by atoms with Gasteiger partial charge in [0.1, 0.15) is 5.60 Å². The number of hydrogen-bond donors (Lipinski definition) is 0. The van der Waals surface area contributed by atoms with Crippen molar-refractivity contribution in [2.75, 3.05) is 12.4 Å². The number of carbonyl (C=O) groups excluding carboxylic acids is 1. The third-order valence-corrected chi connectivity index (χ3v) is 4.84. The minimum Gasteiger partial charge on any atom is -0.456 e. The summed E-state index contributed by atoms with van der Waals surface area (Å²) in [7, 11) is -1.21. The quantitative estimate of drug-likeness (QED) is 0.334. The Kier molecular flexibility index (Phi) is 6.66. The minimum atomic E-state index is -1.21. The number of carbonyl (C=O) groups is 1. The van der Waals surface area contributed by atoms with E-state index in [0.29, 0.717) is 5.56 Å². The van der Waals surface area contributed by atoms with Crippen LogP contribution < -0.4 is 0 Å². The van der Waals surface area contributed by atoms with Gasteiger partial charge in [-0.1, -0.05) is 25.7 Å². The Hall–Kier alpha value is -1.07. The van der Waals surface area contributed by atoms with E-state index >= 15 is 0 Å². The molecule has 0 spiro atoms. The number of aliphatic imine (C=N–C) groups is 1. The van der Waals surface area contributed by atoms with Crippen molar-refractivity contribution < 1.29 is 9.53 Å². The van der Waals surface area contributed by atoms with Crippen LogP contribution in [0.25, 0.3) is 0 Å². The molecule has 0 saturated carbocycles. The molecule has 0 heterocycles. The van der Waals surface area contributed by atoms with Gasteiger partial charge in [0, 0.05) is 11.7 Å². The zero-order valence-electron chi connectivity index (χ0n) is 15.6. The maximum atomic E-state index is 12.2. The van der Waals surface area contributed by atoms with Crippen LogP contribution in [0, 0.1) is 6.92 Å². The summed E-state index contributed by atoms with van der Waals surface area (Å²) in [5.41, 5.74) is 2.13. The molecule has 0 atom stereocenters. The molecule has 1 rings (SSSR count). The molecule has 0 saturated heterocycles. The molecular formula is C18H29NO2SSi. The Labute approximate surface area is 145 Å². The van der Waals surface area contributed by atoms with Gasteiger partial charge in [0.25, 0.3) is 0 Å². The van der Waals surface area contributed by atoms with Gasteiger partial charge < -0.3 is 4.74 Å². The van der Waals surface area contributed by atoms with Gasteiger partial charge >= 0.3 is 5.97 Å². The van der Waals surface area contributed by atoms with Gasteiger partial charge in [-0.3, -0.25) is 4.99 Å². The first kappa shape index (κ1) is 20.0. The maximum Gasteiger partial charge on any atom is 0.338 e. The number of esters is 1. The zero-order chi connectivity index (χ0) is 17.8. The van der Waals surface area contributed by atoms with Crippen molar-refractivity contribution in [3.63, 3.8) is 0 Å². The van der Waals surface area contributed by atoms with E-state index in [1.54, 1.807) is 11.8 Å². The van der Waals surface area contributed by atoms with Gasteiger partial charge in [-0.05, 0) is 51.6 Å². The second-order valence-electron chi connectivity index (χ2n) is 7.92. The molecule has 5 heteroatoms. The van der Waals surface area contributed by atoms with E-state index in [1.165, 1.54) is 0 Å². The van der Waals surface area contributed by atoms with Gasteiger partial charge in [-0.2, -0.15) is 0 Å². The molecule has 0 N–H and O–H groups in total. The molecule has 0 aliphatic rings. The van der Waals surface area contributed by atoms with Gasteiger partial charge in [0.2, 0.25) is 0 Å². The van der Waals surface area contributed by atoms with Crippen LogP contribution in [-0.4, -0.2) is 37.1 Å². The van der Waals surface area contributed by atoms with E-state index in [4.69, 9.17) is 9.73 Å². The lowest BCUT2D eigenvalue weighted by atomic mass is 10.1. The fourth-order valence-corrected chi connectivity index (χ4v) is 3.24. The maximum absolute atomic E-state index is 12.2. The predicted molar refractivity (Wildman–Crippen MR) is 105 cm³/mol. The number of nitrogens with zero attached hydrogens (tertiary/aromatic N) is 1. The molecule has 0 radical (unpaired) electrons. The molecule has 3 nitrogen and oxygen atoms in total. The second-order valence-corrected chi connectivity index (χ2v) is 14.2. The number of benzene rings is 1. The molecule has 0 aliphatic heterocycles. The average Bonchev–Trinajstić information content (AvgIpc) is 2.36. The number of aryl methyl sites for hydroxylation is 1. The first-order valence-electron chi connectivity index (χ1n) is 7.86. The van der Waals surface area contributed by atoms with Crippen LogP contribution in [0.1, 0.15) is 42.3 Å². The first-order chi connectivity index (χ1) is 10.4. The van der Waals surface area contributed by atoms with Crippen LogP contribution in [0.15, 0.2) is 23.2 Å². The monoisotopic (exact) mass is 351 g/mol. The number of ether oxygens (including phenoxy) is 1. The number of thioether (sulfide) groups is 1. The third-order valence-electron chi connectivity index (χ3n) is 2.98. The molecule has 128 valence electrons. The largest absolute Gasteiger partial charge is 0.456 e. The van der Waals surface area contributed by atoms with Crippen molar-refractivity contribution in [1.82, 2.24) is 0 Å². The fourth-order valence-electron chi connectivity index (χ4n) is 1.94. The van der Waals surface area contributed by atoms with E-state index in [0.717, 1.165) is 22.3 Å². The van der Waals surface area contributed by atoms with E-state index < -0.39 is 13.7 Å². The van der Waals surface area contributed by atoms with Crippen LogP contribution in [0.4, 0.5) is 0 Å². The van der Waals surface area contributed by atoms with E-state index in [9.17, 15) is 4.79 Å². The van der Waals surface area contributed by atoms with E-state index in [1.807, 2.05) is 52.1 Å². The van der Waals surface area contributed by atoms with Crippen LogP contribution in [0.3, 0.4) is 0 Å². The van der Waals surface area contributed by atoms with Gasteiger partial charge in [-0.25, -0.2) is 4.79 Å². The summed E-state index contributed by atoms with van der Waals surface area (Å²) in [6.45, 7) is 14.5.